The summed E-state index contributed by atoms with van der Waals surface area (Å²) in [6.07, 6.45) is 2.13. The van der Waals surface area contributed by atoms with E-state index in [4.69, 9.17) is 0 Å². The number of nitrogens with one attached hydrogen (secondary N) is 8. The molecule has 302 valence electrons. The van der Waals surface area contributed by atoms with Crippen LogP contribution < -0.4 is 37.2 Å². The van der Waals surface area contributed by atoms with Gasteiger partial charge in [-0.3, -0.25) is 33.6 Å². The predicted molar refractivity (Wildman–Crippen MR) is 212 cm³/mol. The number of hydrogen-bond donors (Lipinski definition) is 8. The Morgan fingerprint density at radius 2 is 1.12 bits per heavy atom. The second-order valence-corrected chi connectivity index (χ2v) is 15.2. The highest BCUT2D eigenvalue weighted by atomic mass is 16.2. The normalized spacial score (nSPS) is 25.0. The first-order valence-corrected chi connectivity index (χ1v) is 19.3. The number of aromatic amines is 1. The Morgan fingerprint density at radius 3 is 1.79 bits per heavy atom. The molecule has 0 bridgehead atoms. The summed E-state index contributed by atoms with van der Waals surface area (Å²) in [6.45, 7) is 11.8. The van der Waals surface area contributed by atoms with Crippen LogP contribution in [0.5, 0.6) is 0 Å². The van der Waals surface area contributed by atoms with Gasteiger partial charge >= 0.3 is 0 Å². The molecule has 7 amide bonds. The maximum atomic E-state index is 14.1. The Bertz CT molecular complexity index is 1880. The Morgan fingerprint density at radius 1 is 0.589 bits per heavy atom. The van der Waals surface area contributed by atoms with Crippen LogP contribution in [0.2, 0.25) is 0 Å². The summed E-state index contributed by atoms with van der Waals surface area (Å²) < 4.78 is 0. The van der Waals surface area contributed by atoms with Gasteiger partial charge in [0.1, 0.15) is 36.3 Å². The van der Waals surface area contributed by atoms with Crippen molar-refractivity contribution in [2.45, 2.75) is 110 Å². The monoisotopic (exact) mass is 772 g/mol. The molecule has 1 aliphatic rings. The largest absolute Gasteiger partial charge is 0.361 e. The van der Waals surface area contributed by atoms with Gasteiger partial charge in [-0.2, -0.15) is 0 Å². The second-order valence-electron chi connectivity index (χ2n) is 15.2. The molecule has 15 heteroatoms. The molecule has 1 saturated heterocycles. The number of carbonyl (C=O) groups is 7. The number of hydrogen-bond acceptors (Lipinski definition) is 7. The van der Waals surface area contributed by atoms with E-state index in [9.17, 15) is 33.6 Å². The minimum Gasteiger partial charge on any atom is -0.361 e. The molecular weight excluding hydrogens is 716 g/mol. The minimum absolute atomic E-state index is 0.0142. The van der Waals surface area contributed by atoms with Crippen molar-refractivity contribution in [1.29, 1.82) is 0 Å². The van der Waals surface area contributed by atoms with Crippen LogP contribution in [0, 0.1) is 11.8 Å². The molecule has 2 aromatic carbocycles. The summed E-state index contributed by atoms with van der Waals surface area (Å²) >= 11 is 0. The van der Waals surface area contributed by atoms with Crippen LogP contribution >= 0.6 is 0 Å². The number of para-hydroxylation sites is 1. The lowest BCUT2D eigenvalue weighted by Crippen LogP contribution is -2.61. The molecular formula is C41H56N8O7. The third kappa shape index (κ3) is 11.4. The van der Waals surface area contributed by atoms with E-state index in [1.54, 1.807) is 40.8 Å². The topological polar surface area (TPSA) is 219 Å². The number of fused-ring (bicyclic) bond motifs is 1. The number of benzene rings is 2. The number of aromatic nitrogens is 1. The van der Waals surface area contributed by atoms with E-state index in [1.807, 2.05) is 54.6 Å². The third-order valence-corrected chi connectivity index (χ3v) is 10.0. The smallest absolute Gasteiger partial charge is 0.243 e. The van der Waals surface area contributed by atoms with Gasteiger partial charge in [-0.05, 0) is 49.3 Å². The highest BCUT2D eigenvalue weighted by Crippen LogP contribution is 2.21. The second kappa shape index (κ2) is 19.7. The Labute approximate surface area is 327 Å². The van der Waals surface area contributed by atoms with Gasteiger partial charge in [0.15, 0.2) is 0 Å². The standard InChI is InChI=1S/C41H56N8O7/c1-22(2)33-39(54)45-26(7)36(51)46-31(20-28-21-43-30-17-12-11-16-29(28)30)38(53)42-19-13-18-32(50)44-25(6)37(52)47-34(23(3)4)40(55)49-35(41(56)48-33)24(5)27-14-9-8-10-15-27/h8-12,14-17,21-26,31,33-35,43H,13,18-20H2,1-7H3,(H,42,53)(H,44,50)(H,45,54)(H,46,51)(H,47,52)(H,48,56)(H,49,55)/t24-,25+,26+,31+,33+,34-,35+/m0/s1. The van der Waals surface area contributed by atoms with E-state index in [1.165, 1.54) is 13.8 Å². The molecule has 0 radical (unpaired) electrons. The first-order valence-electron chi connectivity index (χ1n) is 19.3. The van der Waals surface area contributed by atoms with Crippen LogP contribution in [0.25, 0.3) is 10.9 Å². The molecule has 8 N–H and O–H groups in total. The van der Waals surface area contributed by atoms with Crippen LogP contribution in [0.3, 0.4) is 0 Å². The van der Waals surface area contributed by atoms with Gasteiger partial charge in [0.05, 0.1) is 0 Å². The van der Waals surface area contributed by atoms with E-state index in [-0.39, 0.29) is 25.8 Å². The molecule has 1 fully saturated rings. The first-order chi connectivity index (χ1) is 26.6. The van der Waals surface area contributed by atoms with E-state index in [2.05, 4.69) is 42.2 Å². The first kappa shape index (κ1) is 43.0. The summed E-state index contributed by atoms with van der Waals surface area (Å²) in [5, 5.41) is 20.1. The van der Waals surface area contributed by atoms with Crippen LogP contribution in [0.4, 0.5) is 0 Å². The van der Waals surface area contributed by atoms with Gasteiger partial charge in [-0.15, -0.1) is 0 Å². The lowest BCUT2D eigenvalue weighted by molar-refractivity contribution is -0.136. The van der Waals surface area contributed by atoms with Gasteiger partial charge < -0.3 is 42.2 Å². The molecule has 2 heterocycles. The Balaban J connectivity index is 1.65. The molecule has 4 rings (SSSR count). The van der Waals surface area contributed by atoms with Crippen molar-refractivity contribution >= 4 is 52.3 Å². The fourth-order valence-corrected chi connectivity index (χ4v) is 6.56. The van der Waals surface area contributed by atoms with Crippen LogP contribution in [-0.2, 0) is 40.0 Å². The summed E-state index contributed by atoms with van der Waals surface area (Å²) in [7, 11) is 0. The molecule has 1 aliphatic heterocycles. The van der Waals surface area contributed by atoms with Crippen molar-refractivity contribution in [3.8, 4) is 0 Å². The number of H-pyrrole nitrogens is 1. The maximum absolute atomic E-state index is 14.1. The van der Waals surface area contributed by atoms with Crippen molar-refractivity contribution < 1.29 is 33.6 Å². The van der Waals surface area contributed by atoms with Crippen LogP contribution in [0.15, 0.2) is 60.8 Å². The quantitative estimate of drug-likeness (QED) is 0.185. The number of amides is 7. The van der Waals surface area contributed by atoms with Gasteiger partial charge in [-0.1, -0.05) is 83.1 Å². The molecule has 0 aliphatic carbocycles. The fraction of sp³-hybridized carbons (Fsp3) is 0.488. The molecule has 56 heavy (non-hydrogen) atoms. The minimum atomic E-state index is -1.18. The zero-order chi connectivity index (χ0) is 41.1. The van der Waals surface area contributed by atoms with Crippen LogP contribution in [-0.4, -0.2) is 89.1 Å². The molecule has 0 spiro atoms. The van der Waals surface area contributed by atoms with Gasteiger partial charge in [-0.25, -0.2) is 0 Å². The van der Waals surface area contributed by atoms with Gasteiger partial charge in [0.25, 0.3) is 0 Å². The summed E-state index contributed by atoms with van der Waals surface area (Å²) in [5.74, 6) is -5.48. The SMILES string of the molecule is CC(C)[C@@H]1NC(=O)[C@@H](C)NC(=O)CCCNC(=O)[C@@H](Cc2c[nH]c3ccccc23)NC(=O)[C@@H](C)NC(=O)[C@@H](C(C)C)NC(=O)[C@@H]([C@@H](C)c2ccccc2)NC1=O. The Hall–Kier alpha value is -5.73. The summed E-state index contributed by atoms with van der Waals surface area (Å²) in [4.78, 5) is 98.3. The Kier molecular flexibility index (Phi) is 15.2. The maximum Gasteiger partial charge on any atom is 0.243 e. The average molecular weight is 773 g/mol. The molecule has 3 aromatic rings. The zero-order valence-electron chi connectivity index (χ0n) is 33.2. The van der Waals surface area contributed by atoms with E-state index in [0.717, 1.165) is 22.0 Å². The van der Waals surface area contributed by atoms with E-state index in [0.29, 0.717) is 0 Å². The molecule has 0 unspecified atom stereocenters. The van der Waals surface area contributed by atoms with E-state index >= 15 is 0 Å². The molecule has 15 nitrogen and oxygen atoms in total. The van der Waals surface area contributed by atoms with Gasteiger partial charge in [0, 0.05) is 42.4 Å². The average Bonchev–Trinajstić information content (AvgIpc) is 3.57. The van der Waals surface area contributed by atoms with Crippen molar-refractivity contribution in [3.63, 3.8) is 0 Å². The van der Waals surface area contributed by atoms with Crippen molar-refractivity contribution in [1.82, 2.24) is 42.2 Å². The molecule has 0 saturated carbocycles. The summed E-state index contributed by atoms with van der Waals surface area (Å²) in [5.41, 5.74) is 2.39. The van der Waals surface area contributed by atoms with Gasteiger partial charge in [0.2, 0.25) is 41.4 Å². The van der Waals surface area contributed by atoms with Crippen molar-refractivity contribution in [2.24, 2.45) is 11.8 Å². The predicted octanol–water partition coefficient (Wildman–Crippen LogP) is 1.68. The highest BCUT2D eigenvalue weighted by molar-refractivity contribution is 5.97. The molecule has 7 atom stereocenters. The van der Waals surface area contributed by atoms with Crippen molar-refractivity contribution in [2.75, 3.05) is 6.54 Å². The third-order valence-electron chi connectivity index (χ3n) is 10.0. The summed E-state index contributed by atoms with van der Waals surface area (Å²) in [6, 6.07) is 10.1. The zero-order valence-corrected chi connectivity index (χ0v) is 33.2. The fourth-order valence-electron chi connectivity index (χ4n) is 6.56. The lowest BCUT2D eigenvalue weighted by Gasteiger charge is -2.31. The number of carbonyl (C=O) groups excluding carboxylic acids is 7. The van der Waals surface area contributed by atoms with Crippen LogP contribution in [0.1, 0.15) is 78.4 Å². The highest BCUT2D eigenvalue weighted by Gasteiger charge is 2.36. The molecule has 1 aromatic heterocycles. The van der Waals surface area contributed by atoms with Crippen molar-refractivity contribution in [3.05, 3.63) is 71.9 Å². The van der Waals surface area contributed by atoms with E-state index < -0.39 is 95.4 Å². The number of rotatable bonds is 6. The lowest BCUT2D eigenvalue weighted by atomic mass is 9.91.